The van der Waals surface area contributed by atoms with Gasteiger partial charge in [-0.1, -0.05) is 19.1 Å². The van der Waals surface area contributed by atoms with E-state index in [-0.39, 0.29) is 11.4 Å². The number of nitrogens with two attached hydrogens (primary N) is 1. The number of carbonyl (C=O) groups is 1. The Morgan fingerprint density at radius 2 is 2.21 bits per heavy atom. The van der Waals surface area contributed by atoms with Crippen molar-refractivity contribution in [1.29, 1.82) is 0 Å². The average Bonchev–Trinajstić information content (AvgIpc) is 2.41. The Bertz CT molecular complexity index is 611. The molecule has 0 saturated carbocycles. The summed E-state index contributed by atoms with van der Waals surface area (Å²) in [6.07, 6.45) is 2.34. The fourth-order valence-electron chi connectivity index (χ4n) is 1.75. The van der Waals surface area contributed by atoms with Gasteiger partial charge in [0.25, 0.3) is 0 Å². The van der Waals surface area contributed by atoms with E-state index in [4.69, 9.17) is 10.8 Å². The van der Waals surface area contributed by atoms with Gasteiger partial charge in [0, 0.05) is 5.69 Å². The number of carboxylic acid groups (broad SMARTS) is 1. The Balaban J connectivity index is 2.34. The number of aryl methyl sites for hydroxylation is 1. The molecule has 0 radical (unpaired) electrons. The van der Waals surface area contributed by atoms with E-state index in [1.807, 2.05) is 24.3 Å². The number of aromatic nitrogens is 1. The number of hydrogen-bond donors (Lipinski definition) is 3. The first-order chi connectivity index (χ1) is 9.10. The number of benzene rings is 1. The van der Waals surface area contributed by atoms with Crippen LogP contribution in [0.25, 0.3) is 0 Å². The van der Waals surface area contributed by atoms with E-state index < -0.39 is 5.97 Å². The van der Waals surface area contributed by atoms with Crippen molar-refractivity contribution in [3.05, 3.63) is 47.7 Å². The van der Waals surface area contributed by atoms with Gasteiger partial charge in [0.15, 0.2) is 0 Å². The lowest BCUT2D eigenvalue weighted by molar-refractivity contribution is 0.0697. The third-order valence-corrected chi connectivity index (χ3v) is 2.74. The Kier molecular flexibility index (Phi) is 3.66. The molecule has 2 aromatic rings. The second-order valence-electron chi connectivity index (χ2n) is 4.15. The molecule has 4 N–H and O–H groups in total. The highest BCUT2D eigenvalue weighted by atomic mass is 16.4. The quantitative estimate of drug-likeness (QED) is 0.783. The number of nitrogen functional groups attached to an aromatic ring is 1. The monoisotopic (exact) mass is 257 g/mol. The summed E-state index contributed by atoms with van der Waals surface area (Å²) < 4.78 is 0. The van der Waals surface area contributed by atoms with Gasteiger partial charge in [0.05, 0.1) is 11.9 Å². The number of anilines is 3. The summed E-state index contributed by atoms with van der Waals surface area (Å²) in [5.41, 5.74) is 7.90. The highest BCUT2D eigenvalue weighted by molar-refractivity contribution is 5.94. The van der Waals surface area contributed by atoms with Crippen molar-refractivity contribution >= 4 is 23.2 Å². The van der Waals surface area contributed by atoms with Gasteiger partial charge in [0.2, 0.25) is 0 Å². The van der Waals surface area contributed by atoms with Crippen molar-refractivity contribution in [2.45, 2.75) is 13.3 Å². The minimum Gasteiger partial charge on any atom is -0.478 e. The predicted molar refractivity (Wildman–Crippen MR) is 74.7 cm³/mol. The minimum absolute atomic E-state index is 0.0573. The molecule has 0 fully saturated rings. The number of hydrogen-bond acceptors (Lipinski definition) is 4. The SMILES string of the molecule is CCc1cccc(Nc2ncc(N)cc2C(=O)O)c1. The third kappa shape index (κ3) is 3.01. The second kappa shape index (κ2) is 5.39. The largest absolute Gasteiger partial charge is 0.478 e. The molecule has 5 heteroatoms. The van der Waals surface area contributed by atoms with Gasteiger partial charge >= 0.3 is 5.97 Å². The highest BCUT2D eigenvalue weighted by Crippen LogP contribution is 2.21. The summed E-state index contributed by atoms with van der Waals surface area (Å²) >= 11 is 0. The lowest BCUT2D eigenvalue weighted by atomic mass is 10.1. The zero-order chi connectivity index (χ0) is 13.8. The Hall–Kier alpha value is -2.56. The topological polar surface area (TPSA) is 88.2 Å². The molecule has 0 unspecified atom stereocenters. The van der Waals surface area contributed by atoms with Gasteiger partial charge in [-0.3, -0.25) is 0 Å². The lowest BCUT2D eigenvalue weighted by Crippen LogP contribution is -2.06. The summed E-state index contributed by atoms with van der Waals surface area (Å²) in [5, 5.41) is 12.1. The van der Waals surface area contributed by atoms with Gasteiger partial charge in [0.1, 0.15) is 11.4 Å². The summed E-state index contributed by atoms with van der Waals surface area (Å²) in [4.78, 5) is 15.2. The maximum atomic E-state index is 11.2. The van der Waals surface area contributed by atoms with Crippen LogP contribution in [0.4, 0.5) is 17.2 Å². The maximum absolute atomic E-state index is 11.2. The number of nitrogens with one attached hydrogen (secondary N) is 1. The number of pyridine rings is 1. The smallest absolute Gasteiger partial charge is 0.339 e. The van der Waals surface area contributed by atoms with Crippen molar-refractivity contribution in [1.82, 2.24) is 4.98 Å². The van der Waals surface area contributed by atoms with Gasteiger partial charge in [-0.05, 0) is 30.2 Å². The summed E-state index contributed by atoms with van der Waals surface area (Å²) in [7, 11) is 0. The highest BCUT2D eigenvalue weighted by Gasteiger charge is 2.12. The van der Waals surface area contributed by atoms with Crippen molar-refractivity contribution in [2.75, 3.05) is 11.1 Å². The molecular formula is C14H15N3O2. The average molecular weight is 257 g/mol. The van der Waals surface area contributed by atoms with Gasteiger partial charge in [-0.2, -0.15) is 0 Å². The maximum Gasteiger partial charge on any atom is 0.339 e. The molecule has 1 heterocycles. The predicted octanol–water partition coefficient (Wildman–Crippen LogP) is 2.67. The molecule has 2 rings (SSSR count). The van der Waals surface area contributed by atoms with E-state index in [9.17, 15) is 4.79 Å². The zero-order valence-electron chi connectivity index (χ0n) is 10.6. The van der Waals surface area contributed by atoms with E-state index >= 15 is 0 Å². The number of carboxylic acids is 1. The van der Waals surface area contributed by atoms with Crippen LogP contribution in [0, 0.1) is 0 Å². The van der Waals surface area contributed by atoms with Crippen LogP contribution in [0.3, 0.4) is 0 Å². The summed E-state index contributed by atoms with van der Waals surface area (Å²) in [6.45, 7) is 2.06. The zero-order valence-corrected chi connectivity index (χ0v) is 10.6. The van der Waals surface area contributed by atoms with Crippen LogP contribution in [-0.4, -0.2) is 16.1 Å². The molecule has 5 nitrogen and oxygen atoms in total. The molecule has 0 bridgehead atoms. The van der Waals surface area contributed by atoms with Crippen LogP contribution in [-0.2, 0) is 6.42 Å². The van der Waals surface area contributed by atoms with Crippen molar-refractivity contribution in [3.63, 3.8) is 0 Å². The standard InChI is InChI=1S/C14H15N3O2/c1-2-9-4-3-5-11(6-9)17-13-12(14(18)19)7-10(15)8-16-13/h3-8H,2,15H2,1H3,(H,16,17)(H,18,19). The molecule has 0 atom stereocenters. The van der Waals surface area contributed by atoms with Crippen LogP contribution in [0.1, 0.15) is 22.8 Å². The van der Waals surface area contributed by atoms with E-state index in [1.54, 1.807) is 0 Å². The van der Waals surface area contributed by atoms with Crippen molar-refractivity contribution in [2.24, 2.45) is 0 Å². The van der Waals surface area contributed by atoms with E-state index in [0.29, 0.717) is 5.69 Å². The molecule has 1 aromatic carbocycles. The van der Waals surface area contributed by atoms with Crippen LogP contribution in [0.15, 0.2) is 36.5 Å². The van der Waals surface area contributed by atoms with E-state index in [0.717, 1.165) is 17.7 Å². The summed E-state index contributed by atoms with van der Waals surface area (Å²) in [5.74, 6) is -0.774. The summed E-state index contributed by atoms with van der Waals surface area (Å²) in [6, 6.07) is 9.15. The Labute approximate surface area is 111 Å². The molecule has 0 aliphatic heterocycles. The molecule has 0 amide bonds. The molecule has 1 aromatic heterocycles. The fraction of sp³-hybridized carbons (Fsp3) is 0.143. The first-order valence-electron chi connectivity index (χ1n) is 5.95. The first-order valence-corrected chi connectivity index (χ1v) is 5.95. The number of aromatic carboxylic acids is 1. The number of rotatable bonds is 4. The molecule has 0 aliphatic rings. The molecule has 0 saturated heterocycles. The van der Waals surface area contributed by atoms with Crippen LogP contribution >= 0.6 is 0 Å². The molecule has 0 spiro atoms. The number of nitrogens with zero attached hydrogens (tertiary/aromatic N) is 1. The third-order valence-electron chi connectivity index (χ3n) is 2.74. The molecular weight excluding hydrogens is 242 g/mol. The normalized spacial score (nSPS) is 10.2. The van der Waals surface area contributed by atoms with Crippen LogP contribution < -0.4 is 11.1 Å². The molecule has 19 heavy (non-hydrogen) atoms. The van der Waals surface area contributed by atoms with Crippen molar-refractivity contribution < 1.29 is 9.90 Å². The van der Waals surface area contributed by atoms with Gasteiger partial charge < -0.3 is 16.2 Å². The first kappa shape index (κ1) is 12.9. The van der Waals surface area contributed by atoms with Gasteiger partial charge in [-0.15, -0.1) is 0 Å². The van der Waals surface area contributed by atoms with Crippen LogP contribution in [0.5, 0.6) is 0 Å². The Morgan fingerprint density at radius 1 is 1.42 bits per heavy atom. The van der Waals surface area contributed by atoms with E-state index in [2.05, 4.69) is 17.2 Å². The molecule has 98 valence electrons. The van der Waals surface area contributed by atoms with Crippen LogP contribution in [0.2, 0.25) is 0 Å². The van der Waals surface area contributed by atoms with E-state index in [1.165, 1.54) is 12.3 Å². The Morgan fingerprint density at radius 3 is 2.89 bits per heavy atom. The molecule has 0 aliphatic carbocycles. The van der Waals surface area contributed by atoms with Crippen molar-refractivity contribution in [3.8, 4) is 0 Å². The second-order valence-corrected chi connectivity index (χ2v) is 4.15. The fourth-order valence-corrected chi connectivity index (χ4v) is 1.75. The minimum atomic E-state index is -1.06. The van der Waals surface area contributed by atoms with Gasteiger partial charge in [-0.25, -0.2) is 9.78 Å². The lowest BCUT2D eigenvalue weighted by Gasteiger charge is -2.10.